The molecule has 174 valence electrons. The second kappa shape index (κ2) is 9.34. The zero-order valence-corrected chi connectivity index (χ0v) is 19.1. The molecule has 6 aromatic rings. The van der Waals surface area contributed by atoms with Gasteiger partial charge >= 0.3 is 0 Å². The number of ether oxygens (including phenoxy) is 1. The fourth-order valence-electron chi connectivity index (χ4n) is 4.15. The Hall–Kier alpha value is -4.59. The monoisotopic (exact) mass is 463 g/mol. The number of rotatable bonds is 9. The van der Waals surface area contributed by atoms with Gasteiger partial charge < -0.3 is 19.6 Å². The number of aryl methyl sites for hydroxylation is 1. The largest absolute Gasteiger partial charge is 0.489 e. The van der Waals surface area contributed by atoms with Crippen LogP contribution in [0, 0.1) is 0 Å². The minimum Gasteiger partial charge on any atom is -0.489 e. The van der Waals surface area contributed by atoms with E-state index >= 15 is 0 Å². The summed E-state index contributed by atoms with van der Waals surface area (Å²) in [6, 6.07) is 22.3. The second-order valence-electron chi connectivity index (χ2n) is 8.45. The van der Waals surface area contributed by atoms with Gasteiger partial charge in [0, 0.05) is 36.6 Å². The molecule has 6 rings (SSSR count). The lowest BCUT2D eigenvalue weighted by molar-refractivity contribution is 0.306. The van der Waals surface area contributed by atoms with Crippen LogP contribution in [0.3, 0.4) is 0 Å². The van der Waals surface area contributed by atoms with Crippen molar-refractivity contribution >= 4 is 27.6 Å². The first-order chi connectivity index (χ1) is 17.3. The second-order valence-corrected chi connectivity index (χ2v) is 8.45. The van der Waals surface area contributed by atoms with Crippen molar-refractivity contribution in [1.82, 2.24) is 29.7 Å². The lowest BCUT2D eigenvalue weighted by atomic mass is 10.2. The molecule has 3 heterocycles. The maximum Gasteiger partial charge on any atom is 0.159 e. The Bertz CT molecular complexity index is 1550. The molecule has 0 aliphatic heterocycles. The molecule has 0 aliphatic rings. The van der Waals surface area contributed by atoms with Gasteiger partial charge in [-0.05, 0) is 48.4 Å². The van der Waals surface area contributed by atoms with Crippen LogP contribution in [0.2, 0.25) is 0 Å². The molecule has 0 unspecified atom stereocenters. The van der Waals surface area contributed by atoms with Crippen LogP contribution >= 0.6 is 0 Å². The van der Waals surface area contributed by atoms with Crippen molar-refractivity contribution in [3.63, 3.8) is 0 Å². The van der Waals surface area contributed by atoms with Crippen LogP contribution in [0.25, 0.3) is 33.5 Å². The number of H-pyrrole nitrogens is 2. The van der Waals surface area contributed by atoms with Gasteiger partial charge in [-0.15, -0.1) is 0 Å². The van der Waals surface area contributed by atoms with Crippen LogP contribution in [0.5, 0.6) is 5.75 Å². The fourth-order valence-corrected chi connectivity index (χ4v) is 4.15. The highest BCUT2D eigenvalue weighted by Gasteiger charge is 2.14. The van der Waals surface area contributed by atoms with Gasteiger partial charge in [0.15, 0.2) is 5.82 Å². The summed E-state index contributed by atoms with van der Waals surface area (Å²) >= 11 is 0. The van der Waals surface area contributed by atoms with Crippen LogP contribution in [-0.2, 0) is 13.2 Å². The SMILES string of the molecule is c1ccc(COc2ccc3[nH]nc(-c4nc5ccc(NCCCn6ccnc6)cc5[nH]4)c3c2)cc1. The van der Waals surface area contributed by atoms with E-state index in [1.165, 1.54) is 0 Å². The van der Waals surface area contributed by atoms with E-state index in [2.05, 4.69) is 54.3 Å². The maximum atomic E-state index is 6.02. The van der Waals surface area contributed by atoms with Gasteiger partial charge in [-0.1, -0.05) is 30.3 Å². The van der Waals surface area contributed by atoms with Crippen molar-refractivity contribution in [1.29, 1.82) is 0 Å². The molecule has 3 aromatic carbocycles. The van der Waals surface area contributed by atoms with Gasteiger partial charge in [0.2, 0.25) is 0 Å². The zero-order chi connectivity index (χ0) is 23.5. The topological polar surface area (TPSA) is 96.4 Å². The number of anilines is 1. The molecule has 0 spiro atoms. The fraction of sp³-hybridized carbons (Fsp3) is 0.148. The minimum atomic E-state index is 0.516. The van der Waals surface area contributed by atoms with Crippen LogP contribution in [-0.4, -0.2) is 36.3 Å². The Kier molecular flexibility index (Phi) is 5.60. The van der Waals surface area contributed by atoms with E-state index in [1.807, 2.05) is 55.0 Å². The average molecular weight is 464 g/mol. The Morgan fingerprint density at radius 2 is 1.91 bits per heavy atom. The average Bonchev–Trinajstić information content (AvgIpc) is 3.65. The molecule has 0 saturated heterocycles. The molecule has 0 aliphatic carbocycles. The summed E-state index contributed by atoms with van der Waals surface area (Å²) in [5.41, 5.74) is 5.76. The molecule has 3 aromatic heterocycles. The molecule has 0 bridgehead atoms. The quantitative estimate of drug-likeness (QED) is 0.250. The molecule has 3 N–H and O–H groups in total. The number of imidazole rings is 2. The smallest absolute Gasteiger partial charge is 0.159 e. The molecule has 8 nitrogen and oxygen atoms in total. The maximum absolute atomic E-state index is 6.02. The van der Waals surface area contributed by atoms with E-state index in [0.717, 1.165) is 70.0 Å². The first kappa shape index (κ1) is 21.0. The van der Waals surface area contributed by atoms with Crippen LogP contribution in [0.1, 0.15) is 12.0 Å². The van der Waals surface area contributed by atoms with Gasteiger partial charge in [0.1, 0.15) is 18.1 Å². The summed E-state index contributed by atoms with van der Waals surface area (Å²) in [6.07, 6.45) is 6.64. The molecular formula is C27H25N7O. The Morgan fingerprint density at radius 3 is 2.80 bits per heavy atom. The number of hydrogen-bond donors (Lipinski definition) is 3. The number of nitrogens with zero attached hydrogens (tertiary/aromatic N) is 4. The van der Waals surface area contributed by atoms with Crippen LogP contribution in [0.4, 0.5) is 5.69 Å². The van der Waals surface area contributed by atoms with Crippen LogP contribution < -0.4 is 10.1 Å². The molecule has 0 amide bonds. The number of hydrogen-bond acceptors (Lipinski definition) is 5. The number of aromatic nitrogens is 6. The predicted octanol–water partition coefficient (Wildman–Crippen LogP) is 5.38. The highest BCUT2D eigenvalue weighted by molar-refractivity contribution is 5.94. The third-order valence-corrected chi connectivity index (χ3v) is 5.97. The first-order valence-corrected chi connectivity index (χ1v) is 11.7. The van der Waals surface area contributed by atoms with E-state index in [4.69, 9.17) is 9.72 Å². The summed E-state index contributed by atoms with van der Waals surface area (Å²) < 4.78 is 8.10. The van der Waals surface area contributed by atoms with Crippen molar-refractivity contribution in [2.75, 3.05) is 11.9 Å². The van der Waals surface area contributed by atoms with Gasteiger partial charge in [0.05, 0.1) is 22.9 Å². The Balaban J connectivity index is 1.18. The van der Waals surface area contributed by atoms with Crippen molar-refractivity contribution in [2.45, 2.75) is 19.6 Å². The zero-order valence-electron chi connectivity index (χ0n) is 19.1. The molecule has 0 atom stereocenters. The number of nitrogens with one attached hydrogen (secondary N) is 3. The van der Waals surface area contributed by atoms with Crippen molar-refractivity contribution in [3.8, 4) is 17.3 Å². The summed E-state index contributed by atoms with van der Waals surface area (Å²) in [5, 5.41) is 12.1. The number of benzene rings is 3. The summed E-state index contributed by atoms with van der Waals surface area (Å²) in [6.45, 7) is 2.33. The lowest BCUT2D eigenvalue weighted by Gasteiger charge is -2.06. The van der Waals surface area contributed by atoms with Crippen molar-refractivity contribution < 1.29 is 4.74 Å². The first-order valence-electron chi connectivity index (χ1n) is 11.7. The third kappa shape index (κ3) is 4.59. The highest BCUT2D eigenvalue weighted by Crippen LogP contribution is 2.30. The van der Waals surface area contributed by atoms with E-state index in [-0.39, 0.29) is 0 Å². The molecule has 0 radical (unpaired) electrons. The van der Waals surface area contributed by atoms with Gasteiger partial charge in [0.25, 0.3) is 0 Å². The number of fused-ring (bicyclic) bond motifs is 2. The summed E-state index contributed by atoms with van der Waals surface area (Å²) in [7, 11) is 0. The Labute approximate surface area is 202 Å². The molecule has 8 heteroatoms. The van der Waals surface area contributed by atoms with E-state index in [9.17, 15) is 0 Å². The van der Waals surface area contributed by atoms with E-state index in [1.54, 1.807) is 6.20 Å². The third-order valence-electron chi connectivity index (χ3n) is 5.97. The minimum absolute atomic E-state index is 0.516. The molecular weight excluding hydrogens is 438 g/mol. The van der Waals surface area contributed by atoms with E-state index < -0.39 is 0 Å². The molecule has 0 saturated carbocycles. The van der Waals surface area contributed by atoms with E-state index in [0.29, 0.717) is 6.61 Å². The normalized spacial score (nSPS) is 11.3. The lowest BCUT2D eigenvalue weighted by Crippen LogP contribution is -2.05. The highest BCUT2D eigenvalue weighted by atomic mass is 16.5. The molecule has 0 fully saturated rings. The molecule has 35 heavy (non-hydrogen) atoms. The van der Waals surface area contributed by atoms with Gasteiger partial charge in [-0.2, -0.15) is 5.10 Å². The van der Waals surface area contributed by atoms with Crippen molar-refractivity contribution in [2.24, 2.45) is 0 Å². The summed E-state index contributed by atoms with van der Waals surface area (Å²) in [4.78, 5) is 12.3. The standard InChI is InChI=1S/C27H25N7O/c1-2-5-19(6-3-1)17-35-21-8-10-23-22(16-21)26(33-32-23)27-30-24-9-7-20(15-25(24)31-27)29-11-4-13-34-14-12-28-18-34/h1-3,5-10,12,14-16,18,29H,4,11,13,17H2,(H,30,31)(H,32,33). The van der Waals surface area contributed by atoms with Crippen molar-refractivity contribution in [3.05, 3.63) is 91.0 Å². The Morgan fingerprint density at radius 1 is 0.971 bits per heavy atom. The van der Waals surface area contributed by atoms with Gasteiger partial charge in [-0.25, -0.2) is 9.97 Å². The van der Waals surface area contributed by atoms with Crippen LogP contribution in [0.15, 0.2) is 85.5 Å². The number of aromatic amines is 2. The predicted molar refractivity (Wildman–Crippen MR) is 137 cm³/mol. The van der Waals surface area contributed by atoms with Gasteiger partial charge in [-0.3, -0.25) is 5.10 Å². The summed E-state index contributed by atoms with van der Waals surface area (Å²) in [5.74, 6) is 1.52.